The summed E-state index contributed by atoms with van der Waals surface area (Å²) < 4.78 is 5.21. The molecule has 14 heavy (non-hydrogen) atoms. The number of aromatic nitrogens is 2. The van der Waals surface area contributed by atoms with Crippen LogP contribution in [0, 0.1) is 6.92 Å². The minimum atomic E-state index is 0.494. The van der Waals surface area contributed by atoms with Crippen molar-refractivity contribution in [3.63, 3.8) is 0 Å². The van der Waals surface area contributed by atoms with Crippen molar-refractivity contribution < 1.29 is 4.42 Å². The van der Waals surface area contributed by atoms with Crippen LogP contribution < -0.4 is 0 Å². The first-order chi connectivity index (χ1) is 6.75. The van der Waals surface area contributed by atoms with Crippen LogP contribution in [-0.2, 0) is 6.42 Å². The fraction of sp³-hybridized carbons (Fsp3) is 0.200. The van der Waals surface area contributed by atoms with Crippen molar-refractivity contribution in [3.8, 4) is 0 Å². The van der Waals surface area contributed by atoms with Crippen LogP contribution in [0.25, 0.3) is 0 Å². The summed E-state index contributed by atoms with van der Waals surface area (Å²) in [6, 6.07) is 3.74. The Kier molecular flexibility index (Phi) is 2.50. The molecule has 2 rings (SSSR count). The molecule has 0 aliphatic rings. The molecule has 2 heterocycles. The van der Waals surface area contributed by atoms with Crippen molar-refractivity contribution in [1.29, 1.82) is 0 Å². The Labute approximate surface area is 86.8 Å². The largest absolute Gasteiger partial charge is 0.469 e. The van der Waals surface area contributed by atoms with Crippen molar-refractivity contribution in [2.75, 3.05) is 0 Å². The lowest BCUT2D eigenvalue weighted by Crippen LogP contribution is -1.94. The Morgan fingerprint density at radius 2 is 2.36 bits per heavy atom. The van der Waals surface area contributed by atoms with Crippen LogP contribution in [0.4, 0.5) is 0 Å². The lowest BCUT2D eigenvalue weighted by atomic mass is 10.2. The fourth-order valence-electron chi connectivity index (χ4n) is 1.19. The predicted molar refractivity (Wildman–Crippen MR) is 53.3 cm³/mol. The standard InChI is InChI=1S/C10H9ClN2O/c1-7-12-6-8(10(11)13-7)5-9-3-2-4-14-9/h2-4,6H,5H2,1H3. The van der Waals surface area contributed by atoms with Crippen LogP contribution in [0.1, 0.15) is 17.1 Å². The van der Waals surface area contributed by atoms with Crippen LogP contribution >= 0.6 is 11.6 Å². The third-order valence-electron chi connectivity index (χ3n) is 1.88. The molecule has 0 atom stereocenters. The van der Waals surface area contributed by atoms with Gasteiger partial charge in [0, 0.05) is 18.2 Å². The van der Waals surface area contributed by atoms with Crippen LogP contribution in [0.2, 0.25) is 5.15 Å². The van der Waals surface area contributed by atoms with E-state index in [4.69, 9.17) is 16.0 Å². The first-order valence-electron chi connectivity index (χ1n) is 4.26. The normalized spacial score (nSPS) is 10.4. The molecule has 3 nitrogen and oxygen atoms in total. The molecule has 0 amide bonds. The maximum absolute atomic E-state index is 5.95. The molecule has 0 spiro atoms. The molecule has 0 saturated heterocycles. The van der Waals surface area contributed by atoms with E-state index in [1.807, 2.05) is 19.1 Å². The molecule has 2 aromatic heterocycles. The summed E-state index contributed by atoms with van der Waals surface area (Å²) in [5.41, 5.74) is 0.882. The van der Waals surface area contributed by atoms with Gasteiger partial charge in [-0.05, 0) is 19.1 Å². The number of hydrogen-bond donors (Lipinski definition) is 0. The van der Waals surface area contributed by atoms with Crippen molar-refractivity contribution in [2.24, 2.45) is 0 Å². The van der Waals surface area contributed by atoms with Gasteiger partial charge in [-0.15, -0.1) is 0 Å². The third-order valence-corrected chi connectivity index (χ3v) is 2.20. The first kappa shape index (κ1) is 9.21. The Hall–Kier alpha value is -1.35. The van der Waals surface area contributed by atoms with Crippen LogP contribution in [0.5, 0.6) is 0 Å². The molecule has 0 bridgehead atoms. The number of aryl methyl sites for hydroxylation is 1. The molecule has 0 radical (unpaired) electrons. The molecule has 2 aromatic rings. The van der Waals surface area contributed by atoms with E-state index in [1.165, 1.54) is 0 Å². The SMILES string of the molecule is Cc1ncc(Cc2ccco2)c(Cl)n1. The lowest BCUT2D eigenvalue weighted by molar-refractivity contribution is 0.520. The van der Waals surface area contributed by atoms with Gasteiger partial charge in [0.1, 0.15) is 16.7 Å². The summed E-state index contributed by atoms with van der Waals surface area (Å²) in [7, 11) is 0. The van der Waals surface area contributed by atoms with Gasteiger partial charge in [-0.2, -0.15) is 0 Å². The highest BCUT2D eigenvalue weighted by Gasteiger charge is 2.05. The van der Waals surface area contributed by atoms with E-state index in [9.17, 15) is 0 Å². The summed E-state index contributed by atoms with van der Waals surface area (Å²) >= 11 is 5.95. The molecule has 0 fully saturated rings. The quantitative estimate of drug-likeness (QED) is 0.713. The van der Waals surface area contributed by atoms with E-state index in [-0.39, 0.29) is 0 Å². The molecule has 72 valence electrons. The number of halogens is 1. The zero-order chi connectivity index (χ0) is 9.97. The fourth-order valence-corrected chi connectivity index (χ4v) is 1.42. The second-order valence-corrected chi connectivity index (χ2v) is 3.35. The smallest absolute Gasteiger partial charge is 0.136 e. The van der Waals surface area contributed by atoms with E-state index in [2.05, 4.69) is 9.97 Å². The lowest BCUT2D eigenvalue weighted by Gasteiger charge is -2.00. The second kappa shape index (κ2) is 3.80. The monoisotopic (exact) mass is 208 g/mol. The maximum Gasteiger partial charge on any atom is 0.136 e. The van der Waals surface area contributed by atoms with E-state index < -0.39 is 0 Å². The van der Waals surface area contributed by atoms with E-state index in [0.29, 0.717) is 17.4 Å². The zero-order valence-corrected chi connectivity index (χ0v) is 8.45. The average Bonchev–Trinajstić information content (AvgIpc) is 2.62. The number of furan rings is 1. The van der Waals surface area contributed by atoms with Crippen molar-refractivity contribution >= 4 is 11.6 Å². The molecular formula is C10H9ClN2O. The molecular weight excluding hydrogens is 200 g/mol. The zero-order valence-electron chi connectivity index (χ0n) is 7.70. The van der Waals surface area contributed by atoms with Gasteiger partial charge in [0.15, 0.2) is 0 Å². The Bertz CT molecular complexity index is 426. The van der Waals surface area contributed by atoms with Gasteiger partial charge >= 0.3 is 0 Å². The minimum Gasteiger partial charge on any atom is -0.469 e. The van der Waals surface area contributed by atoms with Gasteiger partial charge in [0.05, 0.1) is 6.26 Å². The van der Waals surface area contributed by atoms with Crippen LogP contribution in [0.3, 0.4) is 0 Å². The van der Waals surface area contributed by atoms with Crippen LogP contribution in [0.15, 0.2) is 29.0 Å². The number of nitrogens with zero attached hydrogens (tertiary/aromatic N) is 2. The number of hydrogen-bond acceptors (Lipinski definition) is 3. The molecule has 0 aliphatic carbocycles. The molecule has 0 saturated carbocycles. The van der Waals surface area contributed by atoms with E-state index in [1.54, 1.807) is 12.5 Å². The molecule has 0 N–H and O–H groups in total. The summed E-state index contributed by atoms with van der Waals surface area (Å²) in [5, 5.41) is 0.494. The summed E-state index contributed by atoms with van der Waals surface area (Å²) in [6.45, 7) is 1.81. The number of rotatable bonds is 2. The molecule has 4 heteroatoms. The van der Waals surface area contributed by atoms with Crippen molar-refractivity contribution in [1.82, 2.24) is 9.97 Å². The topological polar surface area (TPSA) is 38.9 Å². The Morgan fingerprint density at radius 3 is 3.00 bits per heavy atom. The van der Waals surface area contributed by atoms with Gasteiger partial charge in [0.2, 0.25) is 0 Å². The van der Waals surface area contributed by atoms with Gasteiger partial charge in [-0.25, -0.2) is 9.97 Å². The molecule has 0 aromatic carbocycles. The highest BCUT2D eigenvalue weighted by atomic mass is 35.5. The van der Waals surface area contributed by atoms with Gasteiger partial charge in [0.25, 0.3) is 0 Å². The highest BCUT2D eigenvalue weighted by Crippen LogP contribution is 2.16. The van der Waals surface area contributed by atoms with E-state index in [0.717, 1.165) is 11.3 Å². The van der Waals surface area contributed by atoms with Crippen molar-refractivity contribution in [3.05, 3.63) is 46.9 Å². The Morgan fingerprint density at radius 1 is 1.50 bits per heavy atom. The summed E-state index contributed by atoms with van der Waals surface area (Å²) in [4.78, 5) is 8.15. The minimum absolute atomic E-state index is 0.494. The van der Waals surface area contributed by atoms with Crippen LogP contribution in [-0.4, -0.2) is 9.97 Å². The summed E-state index contributed by atoms with van der Waals surface area (Å²) in [5.74, 6) is 1.54. The second-order valence-electron chi connectivity index (χ2n) is 2.99. The highest BCUT2D eigenvalue weighted by molar-refractivity contribution is 6.30. The third kappa shape index (κ3) is 1.93. The summed E-state index contributed by atoms with van der Waals surface area (Å²) in [6.07, 6.45) is 4.00. The molecule has 0 aliphatic heterocycles. The molecule has 0 unspecified atom stereocenters. The van der Waals surface area contributed by atoms with Crippen molar-refractivity contribution in [2.45, 2.75) is 13.3 Å². The maximum atomic E-state index is 5.95. The van der Waals surface area contributed by atoms with E-state index >= 15 is 0 Å². The average molecular weight is 209 g/mol. The van der Waals surface area contributed by atoms with Gasteiger partial charge in [-0.3, -0.25) is 0 Å². The van der Waals surface area contributed by atoms with Gasteiger partial charge in [-0.1, -0.05) is 11.6 Å². The van der Waals surface area contributed by atoms with Gasteiger partial charge < -0.3 is 4.42 Å². The first-order valence-corrected chi connectivity index (χ1v) is 4.64. The Balaban J connectivity index is 2.25. The predicted octanol–water partition coefficient (Wildman–Crippen LogP) is 2.62.